The lowest BCUT2D eigenvalue weighted by atomic mass is 9.78. The summed E-state index contributed by atoms with van der Waals surface area (Å²) in [6.07, 6.45) is 4.14. The van der Waals surface area contributed by atoms with Crippen LogP contribution in [0.5, 0.6) is 0 Å². The van der Waals surface area contributed by atoms with E-state index in [4.69, 9.17) is 10.8 Å². The van der Waals surface area contributed by atoms with Crippen molar-refractivity contribution in [2.24, 2.45) is 11.1 Å². The van der Waals surface area contributed by atoms with Crippen molar-refractivity contribution >= 4 is 11.6 Å². The topological polar surface area (TPSA) is 75.4 Å². The van der Waals surface area contributed by atoms with Crippen molar-refractivity contribution < 1.29 is 9.90 Å². The largest absolute Gasteiger partial charge is 0.396 e. The number of anilines is 1. The fourth-order valence-electron chi connectivity index (χ4n) is 2.75. The molecule has 1 aromatic carbocycles. The summed E-state index contributed by atoms with van der Waals surface area (Å²) in [6.45, 7) is 4.67. The molecule has 0 heterocycles. The van der Waals surface area contributed by atoms with Crippen molar-refractivity contribution in [3.8, 4) is 0 Å². The van der Waals surface area contributed by atoms with Crippen molar-refractivity contribution in [3.63, 3.8) is 0 Å². The molecule has 1 aromatic rings. The number of nitrogens with two attached hydrogens (primary N) is 1. The molecule has 0 atom stereocenters. The molecule has 4 heteroatoms. The molecule has 0 saturated heterocycles. The van der Waals surface area contributed by atoms with Crippen LogP contribution in [0.1, 0.15) is 45.1 Å². The van der Waals surface area contributed by atoms with Crippen molar-refractivity contribution in [2.45, 2.75) is 46.0 Å². The second kappa shape index (κ2) is 8.80. The molecule has 0 aliphatic heterocycles. The number of amides is 1. The van der Waals surface area contributed by atoms with Gasteiger partial charge in [-0.2, -0.15) is 0 Å². The zero-order valence-corrected chi connectivity index (χ0v) is 13.2. The van der Waals surface area contributed by atoms with Crippen LogP contribution in [0.25, 0.3) is 0 Å². The highest BCUT2D eigenvalue weighted by molar-refractivity contribution is 5.95. The summed E-state index contributed by atoms with van der Waals surface area (Å²) in [6, 6.07) is 7.61. The first-order valence-corrected chi connectivity index (χ1v) is 7.83. The Kier molecular flexibility index (Phi) is 7.40. The second-order valence-corrected chi connectivity index (χ2v) is 5.61. The highest BCUT2D eigenvalue weighted by Crippen LogP contribution is 2.30. The van der Waals surface area contributed by atoms with E-state index < -0.39 is 5.41 Å². The van der Waals surface area contributed by atoms with Crippen LogP contribution < -0.4 is 11.1 Å². The maximum absolute atomic E-state index is 12.6. The van der Waals surface area contributed by atoms with Crippen LogP contribution >= 0.6 is 0 Å². The predicted molar refractivity (Wildman–Crippen MR) is 87.2 cm³/mol. The minimum absolute atomic E-state index is 0.0172. The predicted octanol–water partition coefficient (Wildman–Crippen LogP) is 2.71. The first kappa shape index (κ1) is 17.7. The van der Waals surface area contributed by atoms with E-state index in [1.165, 1.54) is 0 Å². The second-order valence-electron chi connectivity index (χ2n) is 5.61. The standard InChI is InChI=1S/C17H28N2O2/c1-3-10-17(13-18,11-4-2)16(21)19-15-7-5-14(6-8-15)9-12-20/h5-8,20H,3-4,9-13,18H2,1-2H3,(H,19,21). The van der Waals surface area contributed by atoms with Gasteiger partial charge in [-0.25, -0.2) is 0 Å². The van der Waals surface area contributed by atoms with Gasteiger partial charge in [-0.1, -0.05) is 38.8 Å². The van der Waals surface area contributed by atoms with E-state index in [9.17, 15) is 4.79 Å². The van der Waals surface area contributed by atoms with E-state index in [0.717, 1.165) is 36.9 Å². The average Bonchev–Trinajstić information content (AvgIpc) is 2.49. The van der Waals surface area contributed by atoms with Gasteiger partial charge >= 0.3 is 0 Å². The molecule has 0 aromatic heterocycles. The lowest BCUT2D eigenvalue weighted by Crippen LogP contribution is -2.42. The minimum Gasteiger partial charge on any atom is -0.396 e. The molecular formula is C17H28N2O2. The third kappa shape index (κ3) is 4.83. The van der Waals surface area contributed by atoms with E-state index in [0.29, 0.717) is 13.0 Å². The summed E-state index contributed by atoms with van der Waals surface area (Å²) >= 11 is 0. The number of aliphatic hydroxyl groups excluding tert-OH is 1. The third-order valence-electron chi connectivity index (χ3n) is 3.94. The number of hydrogen-bond acceptors (Lipinski definition) is 3. The highest BCUT2D eigenvalue weighted by atomic mass is 16.2. The average molecular weight is 292 g/mol. The maximum Gasteiger partial charge on any atom is 0.231 e. The molecule has 0 aliphatic carbocycles. The summed E-state index contributed by atoms with van der Waals surface area (Å²) in [5, 5.41) is 11.9. The van der Waals surface area contributed by atoms with E-state index in [1.807, 2.05) is 24.3 Å². The van der Waals surface area contributed by atoms with Crippen LogP contribution in [-0.2, 0) is 11.2 Å². The summed E-state index contributed by atoms with van der Waals surface area (Å²) in [7, 11) is 0. The van der Waals surface area contributed by atoms with Gasteiger partial charge in [-0.15, -0.1) is 0 Å². The summed E-state index contributed by atoms with van der Waals surface area (Å²) in [5.41, 5.74) is 7.29. The van der Waals surface area contributed by atoms with E-state index in [2.05, 4.69) is 19.2 Å². The van der Waals surface area contributed by atoms with Gasteiger partial charge in [0.05, 0.1) is 5.41 Å². The number of nitrogens with one attached hydrogen (secondary N) is 1. The molecule has 0 unspecified atom stereocenters. The molecule has 0 fully saturated rings. The molecule has 0 aliphatic rings. The first-order valence-electron chi connectivity index (χ1n) is 7.83. The molecular weight excluding hydrogens is 264 g/mol. The van der Waals surface area contributed by atoms with Crippen molar-refractivity contribution in [2.75, 3.05) is 18.5 Å². The quantitative estimate of drug-likeness (QED) is 0.655. The Labute approximate surface area is 127 Å². The summed E-state index contributed by atoms with van der Waals surface area (Å²) in [5.74, 6) is 0.0172. The maximum atomic E-state index is 12.6. The van der Waals surface area contributed by atoms with Gasteiger partial charge in [0.15, 0.2) is 0 Å². The van der Waals surface area contributed by atoms with E-state index in [-0.39, 0.29) is 12.5 Å². The zero-order chi connectivity index (χ0) is 15.7. The van der Waals surface area contributed by atoms with Gasteiger partial charge in [0, 0.05) is 18.8 Å². The Morgan fingerprint density at radius 1 is 1.19 bits per heavy atom. The molecule has 1 amide bonds. The van der Waals surface area contributed by atoms with Crippen molar-refractivity contribution in [1.29, 1.82) is 0 Å². The van der Waals surface area contributed by atoms with Crippen LogP contribution in [-0.4, -0.2) is 24.2 Å². The van der Waals surface area contributed by atoms with Gasteiger partial charge in [-0.05, 0) is 37.0 Å². The molecule has 1 rings (SSSR count). The van der Waals surface area contributed by atoms with Crippen LogP contribution in [0.2, 0.25) is 0 Å². The Morgan fingerprint density at radius 3 is 2.19 bits per heavy atom. The van der Waals surface area contributed by atoms with Crippen LogP contribution in [0.4, 0.5) is 5.69 Å². The smallest absolute Gasteiger partial charge is 0.231 e. The lowest BCUT2D eigenvalue weighted by Gasteiger charge is -2.30. The number of aliphatic hydroxyl groups is 1. The minimum atomic E-state index is -0.465. The highest BCUT2D eigenvalue weighted by Gasteiger charge is 2.35. The fourth-order valence-corrected chi connectivity index (χ4v) is 2.75. The van der Waals surface area contributed by atoms with Crippen LogP contribution in [0.3, 0.4) is 0 Å². The Balaban J connectivity index is 2.80. The Morgan fingerprint density at radius 2 is 1.76 bits per heavy atom. The molecule has 4 N–H and O–H groups in total. The number of carbonyl (C=O) groups excluding carboxylic acids is 1. The number of benzene rings is 1. The molecule has 0 radical (unpaired) electrons. The van der Waals surface area contributed by atoms with Gasteiger partial charge in [0.1, 0.15) is 0 Å². The molecule has 0 bridgehead atoms. The SMILES string of the molecule is CCCC(CN)(CCC)C(=O)Nc1ccc(CCO)cc1. The monoisotopic (exact) mass is 292 g/mol. The lowest BCUT2D eigenvalue weighted by molar-refractivity contribution is -0.126. The third-order valence-corrected chi connectivity index (χ3v) is 3.94. The molecule has 4 nitrogen and oxygen atoms in total. The van der Waals surface area contributed by atoms with Crippen molar-refractivity contribution in [1.82, 2.24) is 0 Å². The van der Waals surface area contributed by atoms with Gasteiger partial charge in [0.2, 0.25) is 5.91 Å². The van der Waals surface area contributed by atoms with E-state index in [1.54, 1.807) is 0 Å². The van der Waals surface area contributed by atoms with E-state index >= 15 is 0 Å². The van der Waals surface area contributed by atoms with Gasteiger partial charge < -0.3 is 16.2 Å². The molecule has 21 heavy (non-hydrogen) atoms. The van der Waals surface area contributed by atoms with Crippen molar-refractivity contribution in [3.05, 3.63) is 29.8 Å². The molecule has 118 valence electrons. The summed E-state index contributed by atoms with van der Waals surface area (Å²) < 4.78 is 0. The van der Waals surface area contributed by atoms with Crippen LogP contribution in [0.15, 0.2) is 24.3 Å². The Bertz CT molecular complexity index is 423. The fraction of sp³-hybridized carbons (Fsp3) is 0.588. The number of carbonyl (C=O) groups is 1. The molecule has 0 spiro atoms. The van der Waals surface area contributed by atoms with Gasteiger partial charge in [-0.3, -0.25) is 4.79 Å². The summed E-state index contributed by atoms with van der Waals surface area (Å²) in [4.78, 5) is 12.6. The normalized spacial score (nSPS) is 11.4. The van der Waals surface area contributed by atoms with Crippen LogP contribution in [0, 0.1) is 5.41 Å². The number of hydrogen-bond donors (Lipinski definition) is 3. The Hall–Kier alpha value is -1.39. The zero-order valence-electron chi connectivity index (χ0n) is 13.2. The number of rotatable bonds is 9. The molecule has 0 saturated carbocycles. The first-order chi connectivity index (χ1) is 10.1. The van der Waals surface area contributed by atoms with Gasteiger partial charge in [0.25, 0.3) is 0 Å².